The molecule has 0 unspecified atom stereocenters. The van der Waals surface area contributed by atoms with E-state index in [0.29, 0.717) is 28.0 Å². The van der Waals surface area contributed by atoms with Crippen LogP contribution in [0.15, 0.2) is 40.2 Å². The fourth-order valence-electron chi connectivity index (χ4n) is 1.88. The fourth-order valence-corrected chi connectivity index (χ4v) is 2.70. The van der Waals surface area contributed by atoms with Crippen LogP contribution >= 0.6 is 22.9 Å². The Morgan fingerprint density at radius 1 is 1.41 bits per heavy atom. The van der Waals surface area contributed by atoms with Gasteiger partial charge in [-0.15, -0.1) is 11.3 Å². The predicted molar refractivity (Wildman–Crippen MR) is 84.9 cm³/mol. The van der Waals surface area contributed by atoms with E-state index in [4.69, 9.17) is 21.9 Å². The van der Waals surface area contributed by atoms with Crippen molar-refractivity contribution in [3.63, 3.8) is 0 Å². The Kier molecular flexibility index (Phi) is 4.08. The van der Waals surface area contributed by atoms with E-state index in [2.05, 4.69) is 15.5 Å². The van der Waals surface area contributed by atoms with E-state index < -0.39 is 5.91 Å². The average molecular weight is 335 g/mol. The number of thiophene rings is 1. The van der Waals surface area contributed by atoms with Gasteiger partial charge in [-0.3, -0.25) is 4.79 Å². The van der Waals surface area contributed by atoms with E-state index in [0.717, 1.165) is 4.88 Å². The quantitative estimate of drug-likeness (QED) is 0.747. The molecule has 0 aliphatic carbocycles. The van der Waals surface area contributed by atoms with Crippen molar-refractivity contribution >= 4 is 34.5 Å². The number of hydrogen-bond donors (Lipinski definition) is 2. The Morgan fingerprint density at radius 3 is 3.00 bits per heavy atom. The van der Waals surface area contributed by atoms with E-state index in [-0.39, 0.29) is 6.54 Å². The molecular weight excluding hydrogens is 324 g/mol. The lowest BCUT2D eigenvalue weighted by Gasteiger charge is -2.08. The van der Waals surface area contributed by atoms with Gasteiger partial charge < -0.3 is 15.6 Å². The van der Waals surface area contributed by atoms with E-state index in [1.807, 2.05) is 17.5 Å². The normalized spacial score (nSPS) is 10.6. The number of carbonyl (C=O) groups is 1. The van der Waals surface area contributed by atoms with Gasteiger partial charge in [0.05, 0.1) is 17.0 Å². The maximum atomic E-state index is 11.4. The highest BCUT2D eigenvalue weighted by molar-refractivity contribution is 7.13. The van der Waals surface area contributed by atoms with Crippen LogP contribution in [-0.2, 0) is 6.54 Å². The van der Waals surface area contributed by atoms with Crippen LogP contribution in [0.3, 0.4) is 0 Å². The van der Waals surface area contributed by atoms with E-state index in [9.17, 15) is 4.79 Å². The molecule has 1 aromatic carbocycles. The third-order valence-electron chi connectivity index (χ3n) is 2.89. The molecule has 112 valence electrons. The molecule has 1 amide bonds. The van der Waals surface area contributed by atoms with Crippen LogP contribution in [0, 0.1) is 0 Å². The molecule has 2 heterocycles. The molecule has 3 aromatic rings. The number of halogens is 1. The third-order valence-corrected chi connectivity index (χ3v) is 3.99. The predicted octanol–water partition coefficient (Wildman–Crippen LogP) is 3.16. The van der Waals surface area contributed by atoms with Gasteiger partial charge in [0.1, 0.15) is 0 Å². The van der Waals surface area contributed by atoms with Crippen LogP contribution in [0.5, 0.6) is 0 Å². The Bertz CT molecular complexity index is 801. The summed E-state index contributed by atoms with van der Waals surface area (Å²) in [6.45, 7) is 0.278. The Hall–Kier alpha value is -2.38. The largest absolute Gasteiger partial charge is 0.375 e. The van der Waals surface area contributed by atoms with Gasteiger partial charge in [-0.25, -0.2) is 0 Å². The average Bonchev–Trinajstić information content (AvgIpc) is 3.16. The van der Waals surface area contributed by atoms with Gasteiger partial charge in [0.2, 0.25) is 11.7 Å². The lowest BCUT2D eigenvalue weighted by molar-refractivity contribution is 0.100. The summed E-state index contributed by atoms with van der Waals surface area (Å²) in [5, 5.41) is 9.34. The van der Waals surface area contributed by atoms with Crippen molar-refractivity contribution in [3.05, 3.63) is 52.2 Å². The van der Waals surface area contributed by atoms with Gasteiger partial charge in [0.15, 0.2) is 0 Å². The minimum absolute atomic E-state index is 0.278. The van der Waals surface area contributed by atoms with Crippen LogP contribution in [-0.4, -0.2) is 16.0 Å². The van der Waals surface area contributed by atoms with Gasteiger partial charge >= 0.3 is 0 Å². The van der Waals surface area contributed by atoms with Gasteiger partial charge in [-0.2, -0.15) is 4.98 Å². The van der Waals surface area contributed by atoms with Crippen molar-refractivity contribution in [2.75, 3.05) is 5.32 Å². The highest BCUT2D eigenvalue weighted by Gasteiger charge is 2.12. The fraction of sp³-hybridized carbons (Fsp3) is 0.0714. The van der Waals surface area contributed by atoms with Crippen LogP contribution in [0.4, 0.5) is 5.69 Å². The van der Waals surface area contributed by atoms with Gasteiger partial charge in [0.25, 0.3) is 5.91 Å². The van der Waals surface area contributed by atoms with Gasteiger partial charge in [0, 0.05) is 10.7 Å². The van der Waals surface area contributed by atoms with Gasteiger partial charge in [-0.1, -0.05) is 22.8 Å². The van der Waals surface area contributed by atoms with Gasteiger partial charge in [-0.05, 0) is 29.6 Å². The molecule has 0 radical (unpaired) electrons. The summed E-state index contributed by atoms with van der Waals surface area (Å²) in [5.74, 6) is 0.390. The summed E-state index contributed by atoms with van der Waals surface area (Å²) in [5.41, 5.74) is 6.21. The molecular formula is C14H11ClN4O2S. The molecule has 0 aliphatic rings. The van der Waals surface area contributed by atoms with Crippen LogP contribution in [0.1, 0.15) is 16.2 Å². The molecule has 3 rings (SSSR count). The van der Waals surface area contributed by atoms with Crippen LogP contribution < -0.4 is 11.1 Å². The number of amides is 1. The minimum atomic E-state index is -0.560. The van der Waals surface area contributed by atoms with Crippen molar-refractivity contribution in [2.24, 2.45) is 5.73 Å². The van der Waals surface area contributed by atoms with Crippen molar-refractivity contribution < 1.29 is 9.32 Å². The number of nitrogens with one attached hydrogen (secondary N) is 1. The summed E-state index contributed by atoms with van der Waals surface area (Å²) in [7, 11) is 0. The van der Waals surface area contributed by atoms with Crippen molar-refractivity contribution in [1.82, 2.24) is 10.1 Å². The molecule has 0 bridgehead atoms. The summed E-state index contributed by atoms with van der Waals surface area (Å²) >= 11 is 7.39. The monoisotopic (exact) mass is 334 g/mol. The first-order chi connectivity index (χ1) is 10.6. The van der Waals surface area contributed by atoms with E-state index >= 15 is 0 Å². The number of anilines is 1. The zero-order valence-corrected chi connectivity index (χ0v) is 12.8. The summed E-state index contributed by atoms with van der Waals surface area (Å²) in [4.78, 5) is 16.6. The highest BCUT2D eigenvalue weighted by Crippen LogP contribution is 2.23. The molecule has 0 saturated heterocycles. The molecule has 0 atom stereocenters. The standard InChI is InChI=1S/C14H11ClN4O2S/c15-8-3-4-10(9(6-8)13(16)20)17-7-12-18-14(19-21-12)11-2-1-5-22-11/h1-6,17H,7H2,(H2,16,20). The Morgan fingerprint density at radius 2 is 2.27 bits per heavy atom. The second kappa shape index (κ2) is 6.17. The lowest BCUT2D eigenvalue weighted by atomic mass is 10.1. The van der Waals surface area contributed by atoms with Crippen LogP contribution in [0.25, 0.3) is 10.7 Å². The molecule has 0 saturated carbocycles. The maximum Gasteiger partial charge on any atom is 0.250 e. The van der Waals surface area contributed by atoms with E-state index in [1.165, 1.54) is 17.4 Å². The first-order valence-corrected chi connectivity index (χ1v) is 7.59. The zero-order valence-electron chi connectivity index (χ0n) is 11.2. The molecule has 0 spiro atoms. The number of nitrogens with two attached hydrogens (primary N) is 1. The van der Waals surface area contributed by atoms with Crippen molar-refractivity contribution in [3.8, 4) is 10.7 Å². The first kappa shape index (κ1) is 14.6. The summed E-state index contributed by atoms with van der Waals surface area (Å²) in [6.07, 6.45) is 0. The molecule has 0 fully saturated rings. The number of rotatable bonds is 5. The summed E-state index contributed by atoms with van der Waals surface area (Å²) < 4.78 is 5.18. The molecule has 6 nitrogen and oxygen atoms in total. The lowest BCUT2D eigenvalue weighted by Crippen LogP contribution is -2.14. The molecule has 22 heavy (non-hydrogen) atoms. The SMILES string of the molecule is NC(=O)c1cc(Cl)ccc1NCc1nc(-c2cccs2)no1. The number of benzene rings is 1. The number of carbonyl (C=O) groups excluding carboxylic acids is 1. The molecule has 3 N–H and O–H groups in total. The van der Waals surface area contributed by atoms with E-state index in [1.54, 1.807) is 12.1 Å². The Balaban J connectivity index is 1.74. The number of primary amides is 1. The molecule has 2 aromatic heterocycles. The number of aromatic nitrogens is 2. The number of hydrogen-bond acceptors (Lipinski definition) is 6. The van der Waals surface area contributed by atoms with Crippen LogP contribution in [0.2, 0.25) is 5.02 Å². The zero-order chi connectivity index (χ0) is 15.5. The third kappa shape index (κ3) is 3.10. The second-order valence-corrected chi connectivity index (χ2v) is 5.78. The smallest absolute Gasteiger partial charge is 0.250 e. The highest BCUT2D eigenvalue weighted by atomic mass is 35.5. The first-order valence-electron chi connectivity index (χ1n) is 6.33. The molecule has 0 aliphatic heterocycles. The number of nitrogens with zero attached hydrogens (tertiary/aromatic N) is 2. The topological polar surface area (TPSA) is 94.0 Å². The summed E-state index contributed by atoms with van der Waals surface area (Å²) in [6, 6.07) is 8.69. The minimum Gasteiger partial charge on any atom is -0.375 e. The maximum absolute atomic E-state index is 11.4. The second-order valence-electron chi connectivity index (χ2n) is 4.40. The van der Waals surface area contributed by atoms with Crippen molar-refractivity contribution in [1.29, 1.82) is 0 Å². The molecule has 8 heteroatoms. The van der Waals surface area contributed by atoms with Crippen molar-refractivity contribution in [2.45, 2.75) is 6.54 Å². The Labute approximate surface area is 134 Å².